The molecule has 3 rings (SSSR count). The quantitative estimate of drug-likeness (QED) is 0.598. The predicted molar refractivity (Wildman–Crippen MR) is 99.1 cm³/mol. The summed E-state index contributed by atoms with van der Waals surface area (Å²) >= 11 is 0. The van der Waals surface area contributed by atoms with Crippen LogP contribution in [0.15, 0.2) is 48.5 Å². The van der Waals surface area contributed by atoms with E-state index in [9.17, 15) is 10.0 Å². The molecule has 0 bridgehead atoms. The van der Waals surface area contributed by atoms with Crippen LogP contribution in [0.2, 0.25) is 0 Å². The maximum Gasteiger partial charge on any atom is 0.356 e. The Kier molecular flexibility index (Phi) is 5.75. The van der Waals surface area contributed by atoms with Gasteiger partial charge >= 0.3 is 6.03 Å². The lowest BCUT2D eigenvalue weighted by Gasteiger charge is -2.34. The maximum atomic E-state index is 12.7. The van der Waals surface area contributed by atoms with Crippen molar-refractivity contribution in [3.63, 3.8) is 0 Å². The van der Waals surface area contributed by atoms with Gasteiger partial charge in [0.15, 0.2) is 0 Å². The Bertz CT molecular complexity index is 714. The molecular weight excluding hydrogens is 330 g/mol. The van der Waals surface area contributed by atoms with Gasteiger partial charge in [0.1, 0.15) is 17.5 Å². The fourth-order valence-corrected chi connectivity index (χ4v) is 3.22. The highest BCUT2D eigenvalue weighted by molar-refractivity contribution is 5.74. The van der Waals surface area contributed by atoms with Crippen LogP contribution in [0.4, 0.5) is 4.79 Å². The van der Waals surface area contributed by atoms with E-state index in [1.165, 1.54) is 0 Å². The van der Waals surface area contributed by atoms with Crippen LogP contribution >= 0.6 is 0 Å². The van der Waals surface area contributed by atoms with Crippen LogP contribution in [0.25, 0.3) is 0 Å². The lowest BCUT2D eigenvalue weighted by Crippen LogP contribution is -2.50. The van der Waals surface area contributed by atoms with E-state index in [2.05, 4.69) is 19.3 Å². The largest absolute Gasteiger partial charge is 0.457 e. The smallest absolute Gasteiger partial charge is 0.356 e. The van der Waals surface area contributed by atoms with Crippen molar-refractivity contribution in [3.05, 3.63) is 59.7 Å². The van der Waals surface area contributed by atoms with Gasteiger partial charge in [-0.2, -0.15) is 5.06 Å². The van der Waals surface area contributed by atoms with Gasteiger partial charge in [-0.05, 0) is 25.0 Å². The molecule has 0 atom stereocenters. The Morgan fingerprint density at radius 3 is 2.00 bits per heavy atom. The van der Waals surface area contributed by atoms with E-state index in [0.717, 1.165) is 42.1 Å². The van der Waals surface area contributed by atoms with E-state index >= 15 is 0 Å². The van der Waals surface area contributed by atoms with Crippen molar-refractivity contribution in [2.24, 2.45) is 0 Å². The predicted octanol–water partition coefficient (Wildman–Crippen LogP) is 4.32. The number of nitrogens with one attached hydrogen (secondary N) is 1. The molecule has 0 unspecified atom stereocenters. The Morgan fingerprint density at radius 1 is 1.00 bits per heavy atom. The second kappa shape index (κ2) is 8.21. The second-order valence-electron chi connectivity index (χ2n) is 6.33. The first kappa shape index (κ1) is 18.2. The number of fused-ring (bicyclic) bond motifs is 2. The molecule has 0 saturated heterocycles. The average Bonchev–Trinajstić information content (AvgIpc) is 2.66. The number of hydrazine groups is 1. The molecule has 2 aromatic carbocycles. The van der Waals surface area contributed by atoms with E-state index in [1.807, 2.05) is 53.5 Å². The zero-order valence-corrected chi connectivity index (χ0v) is 15.2. The molecule has 6 nitrogen and oxygen atoms in total. The van der Waals surface area contributed by atoms with E-state index in [1.54, 1.807) is 0 Å². The number of carbonyl (C=O) groups is 1. The van der Waals surface area contributed by atoms with Crippen molar-refractivity contribution in [1.29, 1.82) is 0 Å². The lowest BCUT2D eigenvalue weighted by molar-refractivity contribution is -0.0764. The highest BCUT2D eigenvalue weighted by Gasteiger charge is 2.34. The third kappa shape index (κ3) is 3.66. The molecular formula is C20H25N3O3. The number of ether oxygens (including phenoxy) is 1. The summed E-state index contributed by atoms with van der Waals surface area (Å²) < 4.78 is 5.92. The molecule has 2 amide bonds. The summed E-state index contributed by atoms with van der Waals surface area (Å²) in [6.07, 6.45) is 1.82. The highest BCUT2D eigenvalue weighted by Crippen LogP contribution is 2.44. The fourth-order valence-electron chi connectivity index (χ4n) is 3.22. The fraction of sp³-hybridized carbons (Fsp3) is 0.350. The van der Waals surface area contributed by atoms with Gasteiger partial charge in [0.2, 0.25) is 0 Å². The van der Waals surface area contributed by atoms with Crippen LogP contribution in [0.3, 0.4) is 0 Å². The third-order valence-corrected chi connectivity index (χ3v) is 4.34. The summed E-state index contributed by atoms with van der Waals surface area (Å²) in [6.45, 7) is 5.57. The first-order valence-electron chi connectivity index (χ1n) is 9.05. The molecule has 0 aliphatic carbocycles. The molecule has 2 aromatic rings. The Hall–Kier alpha value is -2.57. The summed E-state index contributed by atoms with van der Waals surface area (Å²) in [5.41, 5.74) is 4.31. The number of amides is 2. The topological polar surface area (TPSA) is 65.0 Å². The average molecular weight is 355 g/mol. The summed E-state index contributed by atoms with van der Waals surface area (Å²) in [7, 11) is 0. The maximum absolute atomic E-state index is 12.7. The van der Waals surface area contributed by atoms with E-state index < -0.39 is 12.1 Å². The summed E-state index contributed by atoms with van der Waals surface area (Å²) in [6, 6.07) is 13.7. The highest BCUT2D eigenvalue weighted by atomic mass is 16.5. The van der Waals surface area contributed by atoms with Crippen LogP contribution < -0.4 is 10.2 Å². The van der Waals surface area contributed by atoms with Crippen molar-refractivity contribution < 1.29 is 14.7 Å². The minimum absolute atomic E-state index is 0.552. The zero-order valence-electron chi connectivity index (χ0n) is 15.2. The summed E-state index contributed by atoms with van der Waals surface area (Å²) in [5, 5.41) is 13.4. The minimum Gasteiger partial charge on any atom is -0.457 e. The van der Waals surface area contributed by atoms with Crippen molar-refractivity contribution in [2.75, 3.05) is 13.1 Å². The number of urea groups is 1. The number of hydrogen-bond acceptors (Lipinski definition) is 4. The van der Waals surface area contributed by atoms with Crippen LogP contribution in [-0.4, -0.2) is 34.4 Å². The first-order valence-corrected chi connectivity index (χ1v) is 9.05. The Balaban J connectivity index is 1.89. The normalized spacial score (nSPS) is 12.9. The standard InChI is InChI=1S/C20H25N3O3/c1-3-13-22(14-4-2)21-20(24)23(25)19-15-9-5-7-11-17(15)26-18-12-8-6-10-16(18)19/h5-12,19,25H,3-4,13-14H2,1-2H3,(H,21,24). The van der Waals surface area contributed by atoms with Crippen molar-refractivity contribution in [1.82, 2.24) is 15.5 Å². The van der Waals surface area contributed by atoms with Gasteiger partial charge in [0.25, 0.3) is 0 Å². The molecule has 138 valence electrons. The molecule has 26 heavy (non-hydrogen) atoms. The van der Waals surface area contributed by atoms with E-state index in [4.69, 9.17) is 4.74 Å². The number of nitrogens with zero attached hydrogens (tertiary/aromatic N) is 2. The zero-order chi connectivity index (χ0) is 18.5. The van der Waals surface area contributed by atoms with Crippen LogP contribution in [0.1, 0.15) is 43.9 Å². The Morgan fingerprint density at radius 2 is 1.50 bits per heavy atom. The molecule has 0 spiro atoms. The number of para-hydroxylation sites is 2. The Labute approximate surface area is 153 Å². The van der Waals surface area contributed by atoms with Gasteiger partial charge < -0.3 is 4.74 Å². The van der Waals surface area contributed by atoms with E-state index in [-0.39, 0.29) is 0 Å². The van der Waals surface area contributed by atoms with Crippen molar-refractivity contribution >= 4 is 6.03 Å². The molecule has 1 aliphatic rings. The molecule has 1 aliphatic heterocycles. The molecule has 0 saturated carbocycles. The van der Waals surface area contributed by atoms with Crippen LogP contribution in [-0.2, 0) is 0 Å². The van der Waals surface area contributed by atoms with E-state index in [0.29, 0.717) is 11.5 Å². The number of hydroxylamine groups is 2. The molecule has 1 heterocycles. The molecule has 2 N–H and O–H groups in total. The molecule has 6 heteroatoms. The molecule has 0 fully saturated rings. The number of benzene rings is 2. The number of hydrogen-bond donors (Lipinski definition) is 2. The second-order valence-corrected chi connectivity index (χ2v) is 6.33. The van der Waals surface area contributed by atoms with Gasteiger partial charge in [0, 0.05) is 24.2 Å². The van der Waals surface area contributed by atoms with Gasteiger partial charge in [-0.25, -0.2) is 9.80 Å². The number of rotatable bonds is 6. The van der Waals surface area contributed by atoms with Crippen molar-refractivity contribution in [3.8, 4) is 11.5 Å². The van der Waals surface area contributed by atoms with Gasteiger partial charge in [-0.1, -0.05) is 50.2 Å². The van der Waals surface area contributed by atoms with Gasteiger partial charge in [-0.3, -0.25) is 10.6 Å². The molecule has 0 radical (unpaired) electrons. The lowest BCUT2D eigenvalue weighted by atomic mass is 9.94. The van der Waals surface area contributed by atoms with Crippen LogP contribution in [0, 0.1) is 0 Å². The summed E-state index contributed by atoms with van der Waals surface area (Å²) in [4.78, 5) is 12.7. The van der Waals surface area contributed by atoms with Gasteiger partial charge in [0.05, 0.1) is 0 Å². The van der Waals surface area contributed by atoms with Gasteiger partial charge in [-0.15, -0.1) is 0 Å². The SMILES string of the molecule is CCCN(CCC)NC(=O)N(O)C1c2ccccc2Oc2ccccc21. The van der Waals surface area contributed by atoms with Crippen molar-refractivity contribution in [2.45, 2.75) is 32.7 Å². The van der Waals surface area contributed by atoms with Crippen LogP contribution in [0.5, 0.6) is 11.5 Å². The third-order valence-electron chi connectivity index (χ3n) is 4.34. The summed E-state index contributed by atoms with van der Waals surface area (Å²) in [5.74, 6) is 1.28. The molecule has 0 aromatic heterocycles. The number of carbonyl (C=O) groups excluding carboxylic acids is 1. The minimum atomic E-state index is -0.624. The monoisotopic (exact) mass is 355 g/mol. The first-order chi connectivity index (χ1) is 12.7.